The van der Waals surface area contributed by atoms with Crippen molar-refractivity contribution in [1.82, 2.24) is 10.2 Å². The molecule has 1 saturated heterocycles. The first kappa shape index (κ1) is 22.3. The molecule has 0 aromatic heterocycles. The smallest absolute Gasteiger partial charge is 0.253 e. The highest BCUT2D eigenvalue weighted by Gasteiger charge is 2.17. The number of benzene rings is 2. The molecule has 1 aliphatic rings. The Morgan fingerprint density at radius 1 is 0.871 bits per heavy atom. The Morgan fingerprint density at radius 3 is 2.23 bits per heavy atom. The first-order valence-electron chi connectivity index (χ1n) is 10.9. The lowest BCUT2D eigenvalue weighted by molar-refractivity contribution is -0.114. The summed E-state index contributed by atoms with van der Waals surface area (Å²) in [5.74, 6) is -0.373. The molecule has 7 nitrogen and oxygen atoms in total. The average molecular weight is 423 g/mol. The van der Waals surface area contributed by atoms with E-state index in [0.717, 1.165) is 25.9 Å². The number of likely N-dealkylation sites (tertiary alicyclic amines) is 1. The number of carbonyl (C=O) groups is 3. The predicted octanol–water partition coefficient (Wildman–Crippen LogP) is 3.50. The zero-order chi connectivity index (χ0) is 22.1. The highest BCUT2D eigenvalue weighted by molar-refractivity contribution is 5.98. The minimum atomic E-state index is -0.234. The molecule has 0 saturated carbocycles. The molecule has 0 radical (unpaired) electrons. The van der Waals surface area contributed by atoms with Gasteiger partial charge in [-0.15, -0.1) is 0 Å². The van der Waals surface area contributed by atoms with Crippen LogP contribution in [0.25, 0.3) is 0 Å². The molecule has 2 aromatic carbocycles. The van der Waals surface area contributed by atoms with Crippen molar-refractivity contribution in [2.75, 3.05) is 36.8 Å². The minimum absolute atomic E-state index is 0.0123. The van der Waals surface area contributed by atoms with E-state index in [9.17, 15) is 14.4 Å². The number of amides is 3. The molecule has 1 aliphatic heterocycles. The van der Waals surface area contributed by atoms with Gasteiger partial charge in [0.2, 0.25) is 5.91 Å². The normalized spacial score (nSPS) is 13.8. The van der Waals surface area contributed by atoms with Crippen molar-refractivity contribution >= 4 is 29.1 Å². The maximum atomic E-state index is 12.8. The third-order valence-corrected chi connectivity index (χ3v) is 5.20. The van der Waals surface area contributed by atoms with Crippen LogP contribution in [0.3, 0.4) is 0 Å². The SMILES string of the molecule is CCNC(=O)c1cccc(NCC(=O)Nc2cccc(C(=O)N3CCCCCC3)c2)c1. The first-order valence-corrected chi connectivity index (χ1v) is 10.9. The van der Waals surface area contributed by atoms with Gasteiger partial charge in [0, 0.05) is 42.1 Å². The van der Waals surface area contributed by atoms with Gasteiger partial charge in [-0.25, -0.2) is 0 Å². The Labute approximate surface area is 183 Å². The van der Waals surface area contributed by atoms with E-state index < -0.39 is 0 Å². The van der Waals surface area contributed by atoms with E-state index in [4.69, 9.17) is 0 Å². The molecule has 3 rings (SSSR count). The summed E-state index contributed by atoms with van der Waals surface area (Å²) in [7, 11) is 0. The highest BCUT2D eigenvalue weighted by atomic mass is 16.2. The maximum Gasteiger partial charge on any atom is 0.253 e. The van der Waals surface area contributed by atoms with Gasteiger partial charge in [0.1, 0.15) is 0 Å². The molecule has 1 fully saturated rings. The summed E-state index contributed by atoms with van der Waals surface area (Å²) in [5.41, 5.74) is 2.39. The highest BCUT2D eigenvalue weighted by Crippen LogP contribution is 2.17. The lowest BCUT2D eigenvalue weighted by Crippen LogP contribution is -2.31. The van der Waals surface area contributed by atoms with Crippen molar-refractivity contribution in [2.45, 2.75) is 32.6 Å². The van der Waals surface area contributed by atoms with Crippen LogP contribution in [0.2, 0.25) is 0 Å². The number of nitrogens with one attached hydrogen (secondary N) is 3. The zero-order valence-corrected chi connectivity index (χ0v) is 17.9. The lowest BCUT2D eigenvalue weighted by Gasteiger charge is -2.20. The zero-order valence-electron chi connectivity index (χ0n) is 17.9. The van der Waals surface area contributed by atoms with E-state index >= 15 is 0 Å². The van der Waals surface area contributed by atoms with E-state index in [2.05, 4.69) is 16.0 Å². The Morgan fingerprint density at radius 2 is 1.52 bits per heavy atom. The lowest BCUT2D eigenvalue weighted by atomic mass is 10.1. The molecule has 3 amide bonds. The Bertz CT molecular complexity index is 921. The fraction of sp³-hybridized carbons (Fsp3) is 0.375. The van der Waals surface area contributed by atoms with Crippen LogP contribution in [0, 0.1) is 0 Å². The van der Waals surface area contributed by atoms with E-state index in [-0.39, 0.29) is 24.3 Å². The van der Waals surface area contributed by atoms with Gasteiger partial charge in [0.15, 0.2) is 0 Å². The molecule has 7 heteroatoms. The largest absolute Gasteiger partial charge is 0.376 e. The summed E-state index contributed by atoms with van der Waals surface area (Å²) in [5, 5.41) is 8.61. The van der Waals surface area contributed by atoms with Crippen LogP contribution in [-0.4, -0.2) is 48.8 Å². The summed E-state index contributed by atoms with van der Waals surface area (Å²) < 4.78 is 0. The fourth-order valence-electron chi connectivity index (χ4n) is 3.61. The summed E-state index contributed by atoms with van der Waals surface area (Å²) in [6, 6.07) is 14.1. The first-order chi connectivity index (χ1) is 15.1. The van der Waals surface area contributed by atoms with E-state index in [0.29, 0.717) is 29.0 Å². The fourth-order valence-corrected chi connectivity index (χ4v) is 3.61. The number of nitrogens with zero attached hydrogens (tertiary/aromatic N) is 1. The van der Waals surface area contributed by atoms with Gasteiger partial charge in [0.25, 0.3) is 11.8 Å². The maximum absolute atomic E-state index is 12.8. The van der Waals surface area contributed by atoms with Gasteiger partial charge < -0.3 is 20.9 Å². The van der Waals surface area contributed by atoms with E-state index in [1.54, 1.807) is 48.5 Å². The number of rotatable bonds is 7. The topological polar surface area (TPSA) is 90.5 Å². The second-order valence-corrected chi connectivity index (χ2v) is 7.63. The van der Waals surface area contributed by atoms with Crippen LogP contribution in [0.15, 0.2) is 48.5 Å². The van der Waals surface area contributed by atoms with Crippen LogP contribution in [-0.2, 0) is 4.79 Å². The molecule has 164 valence electrons. The van der Waals surface area contributed by atoms with Gasteiger partial charge >= 0.3 is 0 Å². The third kappa shape index (κ3) is 6.57. The average Bonchev–Trinajstić information content (AvgIpc) is 3.07. The van der Waals surface area contributed by atoms with Crippen molar-refractivity contribution in [2.24, 2.45) is 0 Å². The van der Waals surface area contributed by atoms with E-state index in [1.807, 2.05) is 11.8 Å². The van der Waals surface area contributed by atoms with Gasteiger partial charge in [-0.2, -0.15) is 0 Å². The molecular weight excluding hydrogens is 392 g/mol. The molecule has 31 heavy (non-hydrogen) atoms. The summed E-state index contributed by atoms with van der Waals surface area (Å²) in [6.07, 6.45) is 4.41. The van der Waals surface area contributed by atoms with Crippen molar-refractivity contribution in [3.05, 3.63) is 59.7 Å². The van der Waals surface area contributed by atoms with Gasteiger partial charge in [-0.05, 0) is 56.2 Å². The second-order valence-electron chi connectivity index (χ2n) is 7.63. The molecular formula is C24H30N4O3. The number of hydrogen-bond acceptors (Lipinski definition) is 4. The van der Waals surface area contributed by atoms with Crippen molar-refractivity contribution in [3.63, 3.8) is 0 Å². The summed E-state index contributed by atoms with van der Waals surface area (Å²) in [4.78, 5) is 39.0. The number of hydrogen-bond donors (Lipinski definition) is 3. The molecule has 0 unspecified atom stereocenters. The van der Waals surface area contributed by atoms with Crippen LogP contribution in [0.4, 0.5) is 11.4 Å². The molecule has 3 N–H and O–H groups in total. The Hall–Kier alpha value is -3.35. The molecule has 1 heterocycles. The summed E-state index contributed by atoms with van der Waals surface area (Å²) in [6.45, 7) is 4.03. The predicted molar refractivity (Wildman–Crippen MR) is 122 cm³/mol. The quantitative estimate of drug-likeness (QED) is 0.637. The van der Waals surface area contributed by atoms with Crippen LogP contribution in [0.5, 0.6) is 0 Å². The van der Waals surface area contributed by atoms with Crippen molar-refractivity contribution < 1.29 is 14.4 Å². The molecule has 0 aliphatic carbocycles. The minimum Gasteiger partial charge on any atom is -0.376 e. The number of anilines is 2. The Kier molecular flexibility index (Phi) is 8.04. The Balaban J connectivity index is 1.56. The van der Waals surface area contributed by atoms with Crippen LogP contribution >= 0.6 is 0 Å². The molecule has 0 atom stereocenters. The van der Waals surface area contributed by atoms with Crippen LogP contribution in [0.1, 0.15) is 53.3 Å². The summed E-state index contributed by atoms with van der Waals surface area (Å²) >= 11 is 0. The second kappa shape index (κ2) is 11.2. The van der Waals surface area contributed by atoms with Crippen molar-refractivity contribution in [1.29, 1.82) is 0 Å². The van der Waals surface area contributed by atoms with E-state index in [1.165, 1.54) is 12.8 Å². The van der Waals surface area contributed by atoms with Crippen molar-refractivity contribution in [3.8, 4) is 0 Å². The molecule has 0 spiro atoms. The monoisotopic (exact) mass is 422 g/mol. The molecule has 2 aromatic rings. The van der Waals surface area contributed by atoms with Gasteiger partial charge in [0.05, 0.1) is 6.54 Å². The van der Waals surface area contributed by atoms with Gasteiger partial charge in [-0.1, -0.05) is 25.0 Å². The third-order valence-electron chi connectivity index (χ3n) is 5.20. The standard InChI is InChI=1S/C24H30N4O3/c1-2-25-23(30)18-9-7-11-20(15-18)26-17-22(29)27-21-12-8-10-19(16-21)24(31)28-13-5-3-4-6-14-28/h7-12,15-16,26H,2-6,13-14,17H2,1H3,(H,25,30)(H,27,29). The molecule has 0 bridgehead atoms. The number of carbonyl (C=O) groups excluding carboxylic acids is 3. The van der Waals surface area contributed by atoms with Crippen LogP contribution < -0.4 is 16.0 Å². The van der Waals surface area contributed by atoms with Gasteiger partial charge in [-0.3, -0.25) is 14.4 Å².